The lowest BCUT2D eigenvalue weighted by molar-refractivity contribution is 0.352. The van der Waals surface area contributed by atoms with Crippen molar-refractivity contribution in [1.82, 2.24) is 19.9 Å². The van der Waals surface area contributed by atoms with Crippen LogP contribution in [0.3, 0.4) is 0 Å². The molecular weight excluding hydrogens is 314 g/mol. The minimum atomic E-state index is -0.417. The highest BCUT2D eigenvalue weighted by molar-refractivity contribution is 5.37. The summed E-state index contributed by atoms with van der Waals surface area (Å²) >= 11 is 0. The number of para-hydroxylation sites is 1. The lowest BCUT2D eigenvalue weighted by atomic mass is 9.98. The topological polar surface area (TPSA) is 82.8 Å². The van der Waals surface area contributed by atoms with Gasteiger partial charge in [0.1, 0.15) is 0 Å². The molecule has 0 spiro atoms. The molecule has 0 amide bonds. The van der Waals surface area contributed by atoms with Crippen LogP contribution in [-0.4, -0.2) is 19.9 Å². The minimum Gasteiger partial charge on any atom is -0.339 e. The molecule has 0 aliphatic heterocycles. The molecule has 1 aliphatic carbocycles. The smallest absolute Gasteiger partial charge is 0.231 e. The molecule has 6 nitrogen and oxygen atoms in total. The first kappa shape index (κ1) is 16.0. The first-order valence-corrected chi connectivity index (χ1v) is 8.79. The van der Waals surface area contributed by atoms with Gasteiger partial charge in [0, 0.05) is 11.3 Å². The van der Waals surface area contributed by atoms with Gasteiger partial charge in [-0.15, -0.1) is 0 Å². The van der Waals surface area contributed by atoms with Gasteiger partial charge in [-0.3, -0.25) is 0 Å². The van der Waals surface area contributed by atoms with Crippen molar-refractivity contribution in [2.45, 2.75) is 51.5 Å². The molecule has 0 atom stereocenters. The maximum absolute atomic E-state index is 6.43. The maximum atomic E-state index is 6.43. The summed E-state index contributed by atoms with van der Waals surface area (Å²) in [5, 5.41) is 8.83. The van der Waals surface area contributed by atoms with Crippen LogP contribution < -0.4 is 5.73 Å². The Kier molecular flexibility index (Phi) is 3.92. The predicted octanol–water partition coefficient (Wildman–Crippen LogP) is 3.19. The van der Waals surface area contributed by atoms with Gasteiger partial charge < -0.3 is 10.3 Å². The number of aryl methyl sites for hydroxylation is 1. The second-order valence-corrected chi connectivity index (χ2v) is 6.95. The van der Waals surface area contributed by atoms with Gasteiger partial charge in [0.2, 0.25) is 5.89 Å². The summed E-state index contributed by atoms with van der Waals surface area (Å²) in [6.07, 6.45) is 4.68. The molecule has 0 saturated heterocycles. The maximum Gasteiger partial charge on any atom is 0.231 e. The van der Waals surface area contributed by atoms with Gasteiger partial charge in [0.05, 0.1) is 23.3 Å². The van der Waals surface area contributed by atoms with Crippen molar-refractivity contribution in [3.05, 3.63) is 59.0 Å². The molecule has 1 aliphatic rings. The van der Waals surface area contributed by atoms with E-state index in [1.165, 1.54) is 0 Å². The van der Waals surface area contributed by atoms with E-state index in [9.17, 15) is 0 Å². The van der Waals surface area contributed by atoms with Crippen LogP contribution in [-0.2, 0) is 12.0 Å². The van der Waals surface area contributed by atoms with Crippen molar-refractivity contribution >= 4 is 0 Å². The highest BCUT2D eigenvalue weighted by Gasteiger charge is 2.36. The summed E-state index contributed by atoms with van der Waals surface area (Å²) in [5.74, 6) is 1.25. The first-order valence-electron chi connectivity index (χ1n) is 8.79. The molecule has 0 unspecified atom stereocenters. The second kappa shape index (κ2) is 6.11. The lowest BCUT2D eigenvalue weighted by Gasteiger charge is -2.17. The van der Waals surface area contributed by atoms with Crippen LogP contribution in [0.1, 0.15) is 54.3 Å². The second-order valence-electron chi connectivity index (χ2n) is 6.95. The van der Waals surface area contributed by atoms with Crippen LogP contribution in [0.15, 0.2) is 34.9 Å². The first-order chi connectivity index (χ1) is 12.1. The largest absolute Gasteiger partial charge is 0.339 e. The number of nitrogens with zero attached hydrogens (tertiary/aromatic N) is 4. The minimum absolute atomic E-state index is 0.417. The van der Waals surface area contributed by atoms with Gasteiger partial charge in [-0.05, 0) is 38.8 Å². The average molecular weight is 337 g/mol. The number of rotatable bonds is 4. The Hall–Kier alpha value is -2.47. The Morgan fingerprint density at radius 2 is 1.88 bits per heavy atom. The van der Waals surface area contributed by atoms with E-state index >= 15 is 0 Å². The van der Waals surface area contributed by atoms with E-state index in [4.69, 9.17) is 10.3 Å². The zero-order valence-corrected chi connectivity index (χ0v) is 14.7. The monoisotopic (exact) mass is 337 g/mol. The van der Waals surface area contributed by atoms with E-state index < -0.39 is 5.54 Å². The summed E-state index contributed by atoms with van der Waals surface area (Å²) < 4.78 is 7.45. The number of benzene rings is 1. The van der Waals surface area contributed by atoms with E-state index in [1.807, 2.05) is 41.9 Å². The van der Waals surface area contributed by atoms with Crippen LogP contribution >= 0.6 is 0 Å². The third kappa shape index (κ3) is 2.87. The highest BCUT2D eigenvalue weighted by atomic mass is 16.5. The molecule has 4 rings (SSSR count). The molecule has 1 fully saturated rings. The molecule has 0 radical (unpaired) electrons. The highest BCUT2D eigenvalue weighted by Crippen LogP contribution is 2.34. The van der Waals surface area contributed by atoms with E-state index in [2.05, 4.69) is 22.2 Å². The molecule has 6 heteroatoms. The molecule has 0 bridgehead atoms. The van der Waals surface area contributed by atoms with Crippen molar-refractivity contribution in [3.63, 3.8) is 0 Å². The molecule has 130 valence electrons. The Bertz CT molecular complexity index is 875. The van der Waals surface area contributed by atoms with Gasteiger partial charge in [0.25, 0.3) is 0 Å². The molecule has 25 heavy (non-hydrogen) atoms. The molecule has 1 saturated carbocycles. The molecule has 2 heterocycles. The number of aromatic nitrogens is 4. The lowest BCUT2D eigenvalue weighted by Crippen LogP contribution is -2.34. The van der Waals surface area contributed by atoms with Crippen LogP contribution in [0.5, 0.6) is 0 Å². The summed E-state index contributed by atoms with van der Waals surface area (Å²) in [7, 11) is 0. The van der Waals surface area contributed by atoms with Crippen LogP contribution in [0.25, 0.3) is 5.69 Å². The third-order valence-corrected chi connectivity index (χ3v) is 5.18. The van der Waals surface area contributed by atoms with Crippen LogP contribution in [0, 0.1) is 13.8 Å². The van der Waals surface area contributed by atoms with Crippen molar-refractivity contribution in [3.8, 4) is 5.69 Å². The zero-order chi connectivity index (χ0) is 17.4. The van der Waals surface area contributed by atoms with Gasteiger partial charge in [-0.1, -0.05) is 36.2 Å². The summed E-state index contributed by atoms with van der Waals surface area (Å²) in [6.45, 7) is 4.08. The van der Waals surface area contributed by atoms with Crippen molar-refractivity contribution in [2.24, 2.45) is 5.73 Å². The van der Waals surface area contributed by atoms with E-state index in [0.717, 1.165) is 48.3 Å². The number of nitrogens with two attached hydrogens (primary N) is 1. The van der Waals surface area contributed by atoms with Crippen molar-refractivity contribution in [1.29, 1.82) is 0 Å². The normalized spacial score (nSPS) is 16.4. The fraction of sp³-hybridized carbons (Fsp3) is 0.421. The standard InChI is InChI=1S/C19H23N5O/c1-13-16(14(2)24(22-13)15-8-4-3-5-9-15)12-17-21-18(23-25-17)19(20)10-6-7-11-19/h3-5,8-9H,6-7,10-12,20H2,1-2H3. The SMILES string of the molecule is Cc1nn(-c2ccccc2)c(C)c1Cc1nc(C2(N)CCCC2)no1. The summed E-state index contributed by atoms with van der Waals surface area (Å²) in [4.78, 5) is 4.58. The van der Waals surface area contributed by atoms with Crippen molar-refractivity contribution < 1.29 is 4.52 Å². The molecule has 2 aromatic heterocycles. The third-order valence-electron chi connectivity index (χ3n) is 5.18. The van der Waals surface area contributed by atoms with Crippen LogP contribution in [0.2, 0.25) is 0 Å². The predicted molar refractivity (Wildman–Crippen MR) is 94.5 cm³/mol. The van der Waals surface area contributed by atoms with Gasteiger partial charge in [-0.2, -0.15) is 10.1 Å². The van der Waals surface area contributed by atoms with E-state index in [0.29, 0.717) is 18.1 Å². The fourth-order valence-corrected chi connectivity index (χ4v) is 3.66. The Morgan fingerprint density at radius 3 is 2.60 bits per heavy atom. The Balaban J connectivity index is 1.62. The average Bonchev–Trinajstić information content (AvgIpc) is 3.33. The van der Waals surface area contributed by atoms with Gasteiger partial charge >= 0.3 is 0 Å². The Morgan fingerprint density at radius 1 is 1.16 bits per heavy atom. The molecule has 2 N–H and O–H groups in total. The summed E-state index contributed by atoms with van der Waals surface area (Å²) in [5.41, 5.74) is 10.2. The summed E-state index contributed by atoms with van der Waals surface area (Å²) in [6, 6.07) is 10.1. The van der Waals surface area contributed by atoms with Crippen molar-refractivity contribution in [2.75, 3.05) is 0 Å². The number of hydrogen-bond donors (Lipinski definition) is 1. The molecule has 1 aromatic carbocycles. The number of hydrogen-bond acceptors (Lipinski definition) is 5. The Labute approximate surface area is 147 Å². The zero-order valence-electron chi connectivity index (χ0n) is 14.7. The van der Waals surface area contributed by atoms with Gasteiger partial charge in [0.15, 0.2) is 5.82 Å². The van der Waals surface area contributed by atoms with Crippen LogP contribution in [0.4, 0.5) is 0 Å². The molecular formula is C19H23N5O. The molecule has 3 aromatic rings. The fourth-order valence-electron chi connectivity index (χ4n) is 3.66. The van der Waals surface area contributed by atoms with Gasteiger partial charge in [-0.25, -0.2) is 4.68 Å². The quantitative estimate of drug-likeness (QED) is 0.790. The van der Waals surface area contributed by atoms with E-state index in [-0.39, 0.29) is 0 Å². The van der Waals surface area contributed by atoms with E-state index in [1.54, 1.807) is 0 Å².